The number of H-pyrrole nitrogens is 2. The zero-order chi connectivity index (χ0) is 26.2. The van der Waals surface area contributed by atoms with E-state index in [1.54, 1.807) is 0 Å². The van der Waals surface area contributed by atoms with Crippen molar-refractivity contribution < 1.29 is 0 Å². The third-order valence-corrected chi connectivity index (χ3v) is 6.60. The SMILES string of the molecule is C=C(CC(C)C)NC1=CC(c2ccc3[nH]nc(-c4cc5c(-n6cnc(C)c6)cncc5[nH]4)c3c2)=CCN=C1. The van der Waals surface area contributed by atoms with Crippen LogP contribution in [-0.4, -0.2) is 42.5 Å². The minimum atomic E-state index is 0.538. The summed E-state index contributed by atoms with van der Waals surface area (Å²) in [6.45, 7) is 11.2. The van der Waals surface area contributed by atoms with Gasteiger partial charge in [-0.1, -0.05) is 32.6 Å². The minimum absolute atomic E-state index is 0.538. The average Bonchev–Trinajstić information content (AvgIpc) is 3.58. The Morgan fingerprint density at radius 3 is 2.87 bits per heavy atom. The van der Waals surface area contributed by atoms with Gasteiger partial charge in [0.1, 0.15) is 5.69 Å². The van der Waals surface area contributed by atoms with Gasteiger partial charge in [-0.15, -0.1) is 0 Å². The van der Waals surface area contributed by atoms with E-state index in [1.807, 2.05) is 42.6 Å². The Hall–Kier alpha value is -4.72. The quantitative estimate of drug-likeness (QED) is 0.250. The van der Waals surface area contributed by atoms with Gasteiger partial charge < -0.3 is 14.9 Å². The van der Waals surface area contributed by atoms with E-state index in [0.29, 0.717) is 12.5 Å². The van der Waals surface area contributed by atoms with Crippen molar-refractivity contribution in [3.63, 3.8) is 0 Å². The number of imidazole rings is 1. The fourth-order valence-corrected chi connectivity index (χ4v) is 4.90. The molecule has 0 saturated carbocycles. The molecule has 8 heteroatoms. The Morgan fingerprint density at radius 2 is 2.05 bits per heavy atom. The van der Waals surface area contributed by atoms with Crippen LogP contribution in [0, 0.1) is 12.8 Å². The molecule has 8 nitrogen and oxygen atoms in total. The maximum absolute atomic E-state index is 4.67. The number of pyridine rings is 1. The molecule has 0 spiro atoms. The molecular formula is C30H30N8. The molecule has 6 rings (SSSR count). The summed E-state index contributed by atoms with van der Waals surface area (Å²) in [6, 6.07) is 8.51. The lowest BCUT2D eigenvalue weighted by Gasteiger charge is -2.12. The van der Waals surface area contributed by atoms with E-state index in [2.05, 4.69) is 92.3 Å². The second-order valence-corrected chi connectivity index (χ2v) is 10.1. The van der Waals surface area contributed by atoms with Gasteiger partial charge in [0.15, 0.2) is 0 Å². The standard InChI is InChI=1S/C30H30N8/c1-18(2)9-19(3)34-23-10-22(7-8-31-13-23)21-5-6-26-25(11-21)30(37-36-26)27-12-24-28(35-27)14-32-15-29(24)38-16-20(4)33-17-38/h5-7,10-18,34-35H,3,8-9H2,1-2,4H3,(H,36,37). The number of aromatic amines is 2. The Morgan fingerprint density at radius 1 is 1.16 bits per heavy atom. The second kappa shape index (κ2) is 9.63. The number of aryl methyl sites for hydroxylation is 1. The molecule has 0 atom stereocenters. The molecular weight excluding hydrogens is 472 g/mol. The molecule has 0 amide bonds. The Labute approximate surface area is 220 Å². The van der Waals surface area contributed by atoms with Crippen molar-refractivity contribution in [3.8, 4) is 17.1 Å². The monoisotopic (exact) mass is 502 g/mol. The Bertz CT molecular complexity index is 1760. The van der Waals surface area contributed by atoms with Crippen LogP contribution in [0.3, 0.4) is 0 Å². The van der Waals surface area contributed by atoms with E-state index in [4.69, 9.17) is 0 Å². The molecule has 3 N–H and O–H groups in total. The van der Waals surface area contributed by atoms with Crippen LogP contribution in [-0.2, 0) is 0 Å². The molecule has 0 saturated heterocycles. The predicted molar refractivity (Wildman–Crippen MR) is 154 cm³/mol. The van der Waals surface area contributed by atoms with Crippen LogP contribution in [0.2, 0.25) is 0 Å². The molecule has 1 aliphatic rings. The molecule has 1 aromatic carbocycles. The van der Waals surface area contributed by atoms with Crippen LogP contribution in [0.5, 0.6) is 0 Å². The van der Waals surface area contributed by atoms with E-state index in [-0.39, 0.29) is 0 Å². The zero-order valence-corrected chi connectivity index (χ0v) is 21.8. The molecule has 190 valence electrons. The van der Waals surface area contributed by atoms with Gasteiger partial charge in [-0.3, -0.25) is 15.1 Å². The van der Waals surface area contributed by atoms with Crippen LogP contribution < -0.4 is 5.32 Å². The first-order valence-corrected chi connectivity index (χ1v) is 12.8. The smallest absolute Gasteiger partial charge is 0.116 e. The number of nitrogens with one attached hydrogen (secondary N) is 3. The fraction of sp³-hybridized carbons (Fsp3) is 0.200. The van der Waals surface area contributed by atoms with Crippen molar-refractivity contribution in [2.24, 2.45) is 10.9 Å². The molecule has 1 aliphatic heterocycles. The molecule has 0 bridgehead atoms. The zero-order valence-electron chi connectivity index (χ0n) is 21.8. The van der Waals surface area contributed by atoms with E-state index in [0.717, 1.165) is 73.5 Å². The van der Waals surface area contributed by atoms with E-state index >= 15 is 0 Å². The van der Waals surface area contributed by atoms with Crippen LogP contribution in [0.15, 0.2) is 84.3 Å². The van der Waals surface area contributed by atoms with Gasteiger partial charge in [-0.05, 0) is 54.7 Å². The second-order valence-electron chi connectivity index (χ2n) is 10.1. The summed E-state index contributed by atoms with van der Waals surface area (Å²) in [5.41, 5.74) is 9.78. The largest absolute Gasteiger partial charge is 0.358 e. The number of hydrogen-bond donors (Lipinski definition) is 3. The maximum Gasteiger partial charge on any atom is 0.116 e. The summed E-state index contributed by atoms with van der Waals surface area (Å²) in [6.07, 6.45) is 14.6. The van der Waals surface area contributed by atoms with Crippen molar-refractivity contribution in [2.75, 3.05) is 6.54 Å². The highest BCUT2D eigenvalue weighted by Crippen LogP contribution is 2.33. The molecule has 0 fully saturated rings. The van der Waals surface area contributed by atoms with Crippen molar-refractivity contribution in [2.45, 2.75) is 27.2 Å². The topological polar surface area (TPSA) is 99.6 Å². The van der Waals surface area contributed by atoms with Gasteiger partial charge in [-0.25, -0.2) is 4.98 Å². The molecule has 5 aromatic rings. The van der Waals surface area contributed by atoms with Crippen molar-refractivity contribution in [1.29, 1.82) is 0 Å². The molecule has 0 radical (unpaired) electrons. The first kappa shape index (κ1) is 23.7. The number of benzene rings is 1. The normalized spacial score (nSPS) is 13.7. The lowest BCUT2D eigenvalue weighted by atomic mass is 10.0. The molecule has 4 aromatic heterocycles. The first-order chi connectivity index (χ1) is 18.4. The molecule has 0 aliphatic carbocycles. The summed E-state index contributed by atoms with van der Waals surface area (Å²) in [5.74, 6) is 0.538. The van der Waals surface area contributed by atoms with Crippen molar-refractivity contribution in [3.05, 3.63) is 90.6 Å². The first-order valence-electron chi connectivity index (χ1n) is 12.8. The van der Waals surface area contributed by atoms with Crippen LogP contribution >= 0.6 is 0 Å². The highest BCUT2D eigenvalue weighted by Gasteiger charge is 2.15. The number of allylic oxidation sites excluding steroid dienone is 4. The highest BCUT2D eigenvalue weighted by molar-refractivity contribution is 5.99. The number of aromatic nitrogens is 6. The van der Waals surface area contributed by atoms with Gasteiger partial charge in [0.25, 0.3) is 0 Å². The van der Waals surface area contributed by atoms with E-state index in [1.165, 1.54) is 0 Å². The average molecular weight is 503 g/mol. The number of nitrogens with zero attached hydrogens (tertiary/aromatic N) is 5. The van der Waals surface area contributed by atoms with Crippen LogP contribution in [0.4, 0.5) is 0 Å². The van der Waals surface area contributed by atoms with Gasteiger partial charge >= 0.3 is 0 Å². The summed E-state index contributed by atoms with van der Waals surface area (Å²) in [7, 11) is 0. The van der Waals surface area contributed by atoms with Crippen molar-refractivity contribution >= 4 is 33.6 Å². The van der Waals surface area contributed by atoms with Gasteiger partial charge in [-0.2, -0.15) is 5.10 Å². The maximum atomic E-state index is 4.67. The number of fused-ring (bicyclic) bond motifs is 2. The highest BCUT2D eigenvalue weighted by atomic mass is 15.1. The Kier molecular flexibility index (Phi) is 5.99. The molecule has 38 heavy (non-hydrogen) atoms. The molecule has 0 unspecified atom stereocenters. The van der Waals surface area contributed by atoms with E-state index in [9.17, 15) is 0 Å². The fourth-order valence-electron chi connectivity index (χ4n) is 4.90. The van der Waals surface area contributed by atoms with Gasteiger partial charge in [0, 0.05) is 28.9 Å². The van der Waals surface area contributed by atoms with Gasteiger partial charge in [0.2, 0.25) is 0 Å². The van der Waals surface area contributed by atoms with Crippen LogP contribution in [0.1, 0.15) is 31.5 Å². The molecule has 5 heterocycles. The summed E-state index contributed by atoms with van der Waals surface area (Å²) >= 11 is 0. The lowest BCUT2D eigenvalue weighted by Crippen LogP contribution is -2.14. The Balaban J connectivity index is 1.37. The summed E-state index contributed by atoms with van der Waals surface area (Å²) < 4.78 is 2.00. The van der Waals surface area contributed by atoms with Crippen LogP contribution in [0.25, 0.3) is 44.5 Å². The number of aliphatic imine (C=N–C) groups is 1. The minimum Gasteiger partial charge on any atom is -0.358 e. The van der Waals surface area contributed by atoms with E-state index < -0.39 is 0 Å². The number of rotatable bonds is 7. The van der Waals surface area contributed by atoms with Gasteiger partial charge in [0.05, 0.1) is 59.1 Å². The third-order valence-electron chi connectivity index (χ3n) is 6.60. The number of hydrogen-bond acceptors (Lipinski definition) is 5. The predicted octanol–water partition coefficient (Wildman–Crippen LogP) is 6.10. The summed E-state index contributed by atoms with van der Waals surface area (Å²) in [5, 5.41) is 13.4. The lowest BCUT2D eigenvalue weighted by molar-refractivity contribution is 0.623. The summed E-state index contributed by atoms with van der Waals surface area (Å²) in [4.78, 5) is 16.9. The van der Waals surface area contributed by atoms with Crippen molar-refractivity contribution in [1.82, 2.24) is 35.0 Å². The third kappa shape index (κ3) is 4.56.